The molecule has 7 aromatic carbocycles. The predicted octanol–water partition coefficient (Wildman–Crippen LogP) is 13.8. The highest BCUT2D eigenvalue weighted by atomic mass is 19.4. The van der Waals surface area contributed by atoms with Crippen LogP contribution in [0.5, 0.6) is 0 Å². The quantitative estimate of drug-likeness (QED) is 0.166. The predicted molar refractivity (Wildman–Crippen MR) is 214 cm³/mol. The van der Waals surface area contributed by atoms with Crippen molar-refractivity contribution in [3.63, 3.8) is 0 Å². The lowest BCUT2D eigenvalue weighted by Crippen LogP contribution is -2.04. The second-order valence-corrected chi connectivity index (χ2v) is 13.2. The Morgan fingerprint density at radius 2 is 1.09 bits per heavy atom. The molecule has 6 nitrogen and oxygen atoms in total. The highest BCUT2D eigenvalue weighted by Gasteiger charge is 2.31. The third-order valence-electron chi connectivity index (χ3n) is 10.2. The van der Waals surface area contributed by atoms with Gasteiger partial charge in [-0.25, -0.2) is 14.5 Å². The Morgan fingerprint density at radius 3 is 1.75 bits per heavy atom. The first-order valence-electron chi connectivity index (χ1n) is 17.3. The van der Waals surface area contributed by atoms with E-state index in [2.05, 4.69) is 29.7 Å². The van der Waals surface area contributed by atoms with Crippen molar-refractivity contribution in [2.24, 2.45) is 0 Å². The summed E-state index contributed by atoms with van der Waals surface area (Å²) >= 11 is 0. The van der Waals surface area contributed by atoms with Gasteiger partial charge in [-0.1, -0.05) is 72.8 Å². The Bertz CT molecular complexity index is 3300. The van der Waals surface area contributed by atoms with Crippen LogP contribution in [-0.2, 0) is 6.18 Å². The molecule has 9 heteroatoms. The van der Waals surface area contributed by atoms with Crippen LogP contribution < -0.4 is 0 Å². The van der Waals surface area contributed by atoms with Gasteiger partial charge < -0.3 is 9.13 Å². The molecule has 0 saturated heterocycles. The number of nitrogens with zero attached hydrogens (tertiary/aromatic N) is 6. The SMILES string of the molecule is [C-]#[N+]c1ccc(-n2c3ccccc3c3cc(C#N)ccc32)c(-c2ccc(-c3ccc(C(F)(F)F)cc3[N+]#[C-])cc2-n2c3ccccc3c3cc([N+]#[C-])ccc32)c1. The van der Waals surface area contributed by atoms with Gasteiger partial charge in [-0.15, -0.1) is 0 Å². The van der Waals surface area contributed by atoms with E-state index in [1.54, 1.807) is 24.3 Å². The number of nitriles is 1. The molecule has 0 aliphatic carbocycles. The first-order chi connectivity index (χ1) is 27.2. The minimum absolute atomic E-state index is 0.139. The maximum absolute atomic E-state index is 13.8. The van der Waals surface area contributed by atoms with E-state index in [9.17, 15) is 18.4 Å². The van der Waals surface area contributed by atoms with Crippen LogP contribution in [0, 0.1) is 31.0 Å². The van der Waals surface area contributed by atoms with Crippen LogP contribution in [0.15, 0.2) is 140 Å². The first-order valence-corrected chi connectivity index (χ1v) is 17.3. The molecule has 0 atom stereocenters. The minimum atomic E-state index is -4.62. The van der Waals surface area contributed by atoms with Gasteiger partial charge in [-0.2, -0.15) is 18.4 Å². The van der Waals surface area contributed by atoms with Crippen molar-refractivity contribution in [3.8, 4) is 39.7 Å². The lowest BCUT2D eigenvalue weighted by Gasteiger charge is -2.20. The summed E-state index contributed by atoms with van der Waals surface area (Å²) in [6.07, 6.45) is -4.62. The summed E-state index contributed by atoms with van der Waals surface area (Å²) in [4.78, 5) is 11.0. The van der Waals surface area contributed by atoms with E-state index in [4.69, 9.17) is 19.7 Å². The van der Waals surface area contributed by atoms with Gasteiger partial charge in [-0.05, 0) is 88.8 Å². The molecule has 0 N–H and O–H groups in total. The van der Waals surface area contributed by atoms with Crippen molar-refractivity contribution in [3.05, 3.63) is 185 Å². The number of hydrogen-bond acceptors (Lipinski definition) is 1. The van der Waals surface area contributed by atoms with Crippen LogP contribution in [0.1, 0.15) is 11.1 Å². The van der Waals surface area contributed by atoms with E-state index in [1.807, 2.05) is 97.1 Å². The monoisotopic (exact) mass is 728 g/mol. The number of aromatic nitrogens is 2. The van der Waals surface area contributed by atoms with Crippen LogP contribution in [-0.4, -0.2) is 9.13 Å². The summed E-state index contributed by atoms with van der Waals surface area (Å²) in [5.41, 5.74) is 7.39. The molecule has 262 valence electrons. The van der Waals surface area contributed by atoms with Crippen molar-refractivity contribution in [1.82, 2.24) is 9.13 Å². The Balaban J connectivity index is 1.41. The van der Waals surface area contributed by atoms with Gasteiger partial charge in [-0.3, -0.25) is 0 Å². The van der Waals surface area contributed by atoms with E-state index < -0.39 is 11.7 Å². The summed E-state index contributed by atoms with van der Waals surface area (Å²) in [7, 11) is 0. The number of fused-ring (bicyclic) bond motifs is 6. The highest BCUT2D eigenvalue weighted by molar-refractivity contribution is 6.12. The maximum Gasteiger partial charge on any atom is 0.415 e. The summed E-state index contributed by atoms with van der Waals surface area (Å²) in [5, 5.41) is 13.3. The average molecular weight is 729 g/mol. The number of benzene rings is 7. The molecule has 0 saturated carbocycles. The van der Waals surface area contributed by atoms with E-state index in [-0.39, 0.29) is 5.69 Å². The fourth-order valence-corrected chi connectivity index (χ4v) is 7.75. The number of para-hydroxylation sites is 2. The standard InChI is InChI=1S/C47H23F3N6/c1-52-31-16-21-45-38(25-31)35-9-5-7-11-42(35)56(45)46-23-29(33-18-14-30(47(48,49)50)24-40(33)54-3)13-17-36(46)39-26-32(53-2)15-20-44(39)55-41-10-6-4-8-34(41)37-22-28(27-51)12-19-43(37)55/h4-26H. The zero-order valence-electron chi connectivity index (χ0n) is 29.1. The Hall–Kier alpha value is -8.11. The molecule has 0 amide bonds. The smallest absolute Gasteiger partial charge is 0.309 e. The second kappa shape index (κ2) is 12.8. The molecule has 56 heavy (non-hydrogen) atoms. The minimum Gasteiger partial charge on any atom is -0.309 e. The van der Waals surface area contributed by atoms with E-state index in [1.165, 1.54) is 6.07 Å². The topological polar surface area (TPSA) is 46.7 Å². The molecular formula is C47H23F3N6. The number of halogens is 3. The Morgan fingerprint density at radius 1 is 0.500 bits per heavy atom. The van der Waals surface area contributed by atoms with E-state index >= 15 is 0 Å². The van der Waals surface area contributed by atoms with Crippen LogP contribution >= 0.6 is 0 Å². The third-order valence-corrected chi connectivity index (χ3v) is 10.2. The Kier molecular flexibility index (Phi) is 7.69. The molecule has 0 spiro atoms. The molecule has 0 fully saturated rings. The first kappa shape index (κ1) is 33.7. The van der Waals surface area contributed by atoms with Crippen molar-refractivity contribution in [2.75, 3.05) is 0 Å². The molecular weight excluding hydrogens is 706 g/mol. The van der Waals surface area contributed by atoms with E-state index in [0.29, 0.717) is 44.9 Å². The van der Waals surface area contributed by atoms with Gasteiger partial charge in [0.25, 0.3) is 0 Å². The molecule has 2 aromatic heterocycles. The molecule has 9 rings (SSSR count). The van der Waals surface area contributed by atoms with Crippen LogP contribution in [0.2, 0.25) is 0 Å². The van der Waals surface area contributed by atoms with Gasteiger partial charge in [0.15, 0.2) is 17.1 Å². The lowest BCUT2D eigenvalue weighted by molar-refractivity contribution is -0.137. The average Bonchev–Trinajstić information content (AvgIpc) is 3.74. The normalized spacial score (nSPS) is 11.4. The molecule has 0 bridgehead atoms. The van der Waals surface area contributed by atoms with Crippen LogP contribution in [0.3, 0.4) is 0 Å². The third kappa shape index (κ3) is 5.24. The van der Waals surface area contributed by atoms with Crippen LogP contribution in [0.25, 0.3) is 91.8 Å². The largest absolute Gasteiger partial charge is 0.415 e. The summed E-state index contributed by atoms with van der Waals surface area (Å²) < 4.78 is 45.5. The number of hydrogen-bond donors (Lipinski definition) is 0. The molecule has 9 aromatic rings. The van der Waals surface area contributed by atoms with Gasteiger partial charge in [0, 0.05) is 27.3 Å². The van der Waals surface area contributed by atoms with Gasteiger partial charge >= 0.3 is 6.18 Å². The fourth-order valence-electron chi connectivity index (χ4n) is 7.75. The van der Waals surface area contributed by atoms with Crippen LogP contribution in [0.4, 0.5) is 30.2 Å². The van der Waals surface area contributed by atoms with Crippen molar-refractivity contribution < 1.29 is 13.2 Å². The van der Waals surface area contributed by atoms with Gasteiger partial charge in [0.2, 0.25) is 0 Å². The highest BCUT2D eigenvalue weighted by Crippen LogP contribution is 2.45. The molecule has 0 unspecified atom stereocenters. The second-order valence-electron chi connectivity index (χ2n) is 13.2. The van der Waals surface area contributed by atoms with Crippen molar-refractivity contribution in [1.29, 1.82) is 5.26 Å². The van der Waals surface area contributed by atoms with Gasteiger partial charge in [0.1, 0.15) is 0 Å². The molecule has 0 aliphatic rings. The summed E-state index contributed by atoms with van der Waals surface area (Å²) in [6.45, 7) is 23.6. The lowest BCUT2D eigenvalue weighted by atomic mass is 9.95. The van der Waals surface area contributed by atoms with Crippen molar-refractivity contribution in [2.45, 2.75) is 6.18 Å². The fraction of sp³-hybridized carbons (Fsp3) is 0.0213. The number of rotatable bonds is 4. The zero-order valence-corrected chi connectivity index (χ0v) is 29.1. The van der Waals surface area contributed by atoms with E-state index in [0.717, 1.165) is 61.4 Å². The number of alkyl halides is 3. The molecule has 0 radical (unpaired) electrons. The van der Waals surface area contributed by atoms with Crippen molar-refractivity contribution >= 4 is 60.7 Å². The zero-order chi connectivity index (χ0) is 38.7. The molecule has 0 aliphatic heterocycles. The summed E-state index contributed by atoms with van der Waals surface area (Å²) in [6, 6.07) is 43.3. The Labute approximate surface area is 318 Å². The van der Waals surface area contributed by atoms with Gasteiger partial charge in [0.05, 0.1) is 64.8 Å². The summed E-state index contributed by atoms with van der Waals surface area (Å²) in [5.74, 6) is 0. The molecule has 2 heterocycles. The maximum atomic E-state index is 13.8.